The second kappa shape index (κ2) is 6.61. The molecule has 1 unspecified atom stereocenters. The lowest BCUT2D eigenvalue weighted by Crippen LogP contribution is -2.12. The second-order valence-electron chi connectivity index (χ2n) is 5.36. The number of nitrogens with zero attached hydrogens (tertiary/aromatic N) is 2. The number of rotatable bonds is 6. The first-order valence-corrected chi connectivity index (χ1v) is 7.41. The van der Waals surface area contributed by atoms with E-state index in [1.807, 2.05) is 20.8 Å². The van der Waals surface area contributed by atoms with Crippen LogP contribution in [-0.4, -0.2) is 16.5 Å². The minimum Gasteiger partial charge on any atom is -0.466 e. The van der Waals surface area contributed by atoms with Crippen molar-refractivity contribution in [3.63, 3.8) is 0 Å². The van der Waals surface area contributed by atoms with Gasteiger partial charge in [0.05, 0.1) is 6.04 Å². The van der Waals surface area contributed by atoms with Gasteiger partial charge in [0.1, 0.15) is 29.5 Å². The number of nitrogens with one attached hydrogen (secondary N) is 2. The van der Waals surface area contributed by atoms with Gasteiger partial charge in [-0.15, -0.1) is 0 Å². The van der Waals surface area contributed by atoms with Gasteiger partial charge in [-0.05, 0) is 40.2 Å². The summed E-state index contributed by atoms with van der Waals surface area (Å²) < 4.78 is 5.60. The Morgan fingerprint density at radius 1 is 1.19 bits per heavy atom. The fraction of sp³-hybridized carbons (Fsp3) is 0.500. The van der Waals surface area contributed by atoms with E-state index < -0.39 is 0 Å². The summed E-state index contributed by atoms with van der Waals surface area (Å²) in [5, 5.41) is 6.77. The van der Waals surface area contributed by atoms with Crippen LogP contribution < -0.4 is 10.6 Å². The van der Waals surface area contributed by atoms with Gasteiger partial charge in [0, 0.05) is 17.7 Å². The molecule has 0 saturated carbocycles. The topological polar surface area (TPSA) is 63.0 Å². The number of aryl methyl sites for hydroxylation is 2. The SMILES string of the molecule is CCCNc1ncnc(NC(C)c2cc(C)oc2C)c1C. The molecule has 5 nitrogen and oxygen atoms in total. The third-order valence-electron chi connectivity index (χ3n) is 3.53. The highest BCUT2D eigenvalue weighted by Gasteiger charge is 2.15. The Bertz CT molecular complexity index is 606. The molecule has 0 aliphatic heterocycles. The van der Waals surface area contributed by atoms with E-state index in [9.17, 15) is 0 Å². The number of furan rings is 1. The van der Waals surface area contributed by atoms with Crippen LogP contribution >= 0.6 is 0 Å². The molecule has 0 radical (unpaired) electrons. The van der Waals surface area contributed by atoms with E-state index in [4.69, 9.17) is 4.42 Å². The Labute approximate surface area is 126 Å². The van der Waals surface area contributed by atoms with Crippen molar-refractivity contribution in [1.82, 2.24) is 9.97 Å². The van der Waals surface area contributed by atoms with Crippen molar-refractivity contribution >= 4 is 11.6 Å². The molecule has 2 aromatic rings. The second-order valence-corrected chi connectivity index (χ2v) is 5.36. The summed E-state index contributed by atoms with van der Waals surface area (Å²) in [6.07, 6.45) is 2.66. The maximum atomic E-state index is 5.60. The molecule has 2 heterocycles. The molecule has 0 amide bonds. The molecular weight excluding hydrogens is 264 g/mol. The number of hydrogen-bond donors (Lipinski definition) is 2. The summed E-state index contributed by atoms with van der Waals surface area (Å²) in [6, 6.07) is 2.20. The number of aromatic nitrogens is 2. The molecule has 0 aliphatic carbocycles. The predicted octanol–water partition coefficient (Wildman–Crippen LogP) is 3.99. The molecule has 1 atom stereocenters. The molecule has 5 heteroatoms. The third-order valence-corrected chi connectivity index (χ3v) is 3.53. The van der Waals surface area contributed by atoms with Crippen LogP contribution in [0.25, 0.3) is 0 Å². The Morgan fingerprint density at radius 3 is 2.52 bits per heavy atom. The van der Waals surface area contributed by atoms with E-state index in [-0.39, 0.29) is 6.04 Å². The van der Waals surface area contributed by atoms with Gasteiger partial charge in [-0.25, -0.2) is 9.97 Å². The molecule has 0 aliphatic rings. The van der Waals surface area contributed by atoms with Crippen molar-refractivity contribution in [2.75, 3.05) is 17.2 Å². The fourth-order valence-electron chi connectivity index (χ4n) is 2.38. The van der Waals surface area contributed by atoms with Crippen LogP contribution in [0.2, 0.25) is 0 Å². The summed E-state index contributed by atoms with van der Waals surface area (Å²) in [5.74, 6) is 3.63. The quantitative estimate of drug-likeness (QED) is 0.841. The summed E-state index contributed by atoms with van der Waals surface area (Å²) in [7, 11) is 0. The van der Waals surface area contributed by atoms with Gasteiger partial charge in [0.25, 0.3) is 0 Å². The molecule has 0 fully saturated rings. The lowest BCUT2D eigenvalue weighted by Gasteiger charge is -2.17. The average Bonchev–Trinajstić information content (AvgIpc) is 2.79. The smallest absolute Gasteiger partial charge is 0.134 e. The summed E-state index contributed by atoms with van der Waals surface area (Å²) in [6.45, 7) is 11.1. The molecule has 0 aromatic carbocycles. The lowest BCUT2D eigenvalue weighted by molar-refractivity contribution is 0.499. The highest BCUT2D eigenvalue weighted by molar-refractivity contribution is 5.57. The minimum absolute atomic E-state index is 0.134. The van der Waals surface area contributed by atoms with Crippen LogP contribution in [-0.2, 0) is 0 Å². The van der Waals surface area contributed by atoms with Crippen LogP contribution in [0.1, 0.15) is 49.0 Å². The van der Waals surface area contributed by atoms with Crippen molar-refractivity contribution in [1.29, 1.82) is 0 Å². The summed E-state index contributed by atoms with van der Waals surface area (Å²) in [4.78, 5) is 8.65. The van der Waals surface area contributed by atoms with E-state index in [0.717, 1.165) is 47.2 Å². The Kier molecular flexibility index (Phi) is 4.83. The molecule has 2 N–H and O–H groups in total. The molecule has 21 heavy (non-hydrogen) atoms. The zero-order valence-corrected chi connectivity index (χ0v) is 13.4. The van der Waals surface area contributed by atoms with Gasteiger partial charge in [-0.1, -0.05) is 6.92 Å². The zero-order chi connectivity index (χ0) is 15.4. The Morgan fingerprint density at radius 2 is 1.90 bits per heavy atom. The summed E-state index contributed by atoms with van der Waals surface area (Å²) in [5.41, 5.74) is 2.20. The van der Waals surface area contributed by atoms with Crippen LogP contribution in [0, 0.1) is 20.8 Å². The molecule has 0 spiro atoms. The highest BCUT2D eigenvalue weighted by atomic mass is 16.3. The van der Waals surface area contributed by atoms with Crippen LogP contribution in [0.3, 0.4) is 0 Å². The van der Waals surface area contributed by atoms with Gasteiger partial charge in [-0.3, -0.25) is 0 Å². The number of hydrogen-bond acceptors (Lipinski definition) is 5. The van der Waals surface area contributed by atoms with E-state index in [0.29, 0.717) is 0 Å². The van der Waals surface area contributed by atoms with E-state index in [1.54, 1.807) is 6.33 Å². The van der Waals surface area contributed by atoms with Crippen LogP contribution in [0.15, 0.2) is 16.8 Å². The monoisotopic (exact) mass is 288 g/mol. The third kappa shape index (κ3) is 3.54. The molecule has 0 bridgehead atoms. The highest BCUT2D eigenvalue weighted by Crippen LogP contribution is 2.26. The molecule has 2 aromatic heterocycles. The van der Waals surface area contributed by atoms with Crippen LogP contribution in [0.4, 0.5) is 11.6 Å². The normalized spacial score (nSPS) is 12.2. The first-order valence-electron chi connectivity index (χ1n) is 7.41. The van der Waals surface area contributed by atoms with Gasteiger partial charge in [0.15, 0.2) is 0 Å². The standard InChI is InChI=1S/C16H24N4O/c1-6-7-17-15-11(3)16(19-9-18-15)20-12(4)14-8-10(2)21-13(14)5/h8-9,12H,6-7H2,1-5H3,(H2,17,18,19,20). The van der Waals surface area contributed by atoms with Crippen molar-refractivity contribution in [2.45, 2.75) is 47.1 Å². The van der Waals surface area contributed by atoms with E-state index in [1.165, 1.54) is 0 Å². The Hall–Kier alpha value is -2.04. The number of anilines is 2. The van der Waals surface area contributed by atoms with Crippen molar-refractivity contribution in [3.05, 3.63) is 35.0 Å². The maximum Gasteiger partial charge on any atom is 0.134 e. The largest absolute Gasteiger partial charge is 0.466 e. The predicted molar refractivity (Wildman–Crippen MR) is 85.8 cm³/mol. The first-order chi connectivity index (χ1) is 10.0. The van der Waals surface area contributed by atoms with Crippen molar-refractivity contribution in [2.24, 2.45) is 0 Å². The van der Waals surface area contributed by atoms with E-state index in [2.05, 4.69) is 40.5 Å². The van der Waals surface area contributed by atoms with Gasteiger partial charge in [0.2, 0.25) is 0 Å². The van der Waals surface area contributed by atoms with Gasteiger partial charge >= 0.3 is 0 Å². The maximum absolute atomic E-state index is 5.60. The van der Waals surface area contributed by atoms with E-state index >= 15 is 0 Å². The Balaban J connectivity index is 2.17. The van der Waals surface area contributed by atoms with Crippen LogP contribution in [0.5, 0.6) is 0 Å². The minimum atomic E-state index is 0.134. The first kappa shape index (κ1) is 15.4. The van der Waals surface area contributed by atoms with Crippen molar-refractivity contribution in [3.8, 4) is 0 Å². The molecule has 2 rings (SSSR count). The average molecular weight is 288 g/mol. The fourth-order valence-corrected chi connectivity index (χ4v) is 2.38. The van der Waals surface area contributed by atoms with Gasteiger partial charge < -0.3 is 15.1 Å². The van der Waals surface area contributed by atoms with Gasteiger partial charge in [-0.2, -0.15) is 0 Å². The summed E-state index contributed by atoms with van der Waals surface area (Å²) >= 11 is 0. The molecule has 0 saturated heterocycles. The molecule has 114 valence electrons. The molecular formula is C16H24N4O. The van der Waals surface area contributed by atoms with Crippen molar-refractivity contribution < 1.29 is 4.42 Å². The lowest BCUT2D eigenvalue weighted by atomic mass is 10.1. The zero-order valence-electron chi connectivity index (χ0n) is 13.4.